The van der Waals surface area contributed by atoms with Crippen LogP contribution in [-0.2, 0) is 0 Å². The summed E-state index contributed by atoms with van der Waals surface area (Å²) < 4.78 is 10.7. The Morgan fingerprint density at radius 2 is 1.19 bits per heavy atom. The lowest BCUT2D eigenvalue weighted by Crippen LogP contribution is -2.03. The van der Waals surface area contributed by atoms with E-state index in [4.69, 9.17) is 8.83 Å². The van der Waals surface area contributed by atoms with Gasteiger partial charge in [-0.1, -0.05) is 30.3 Å². The summed E-state index contributed by atoms with van der Waals surface area (Å²) in [5.41, 5.74) is -0.240. The molecule has 0 saturated heterocycles. The Morgan fingerprint density at radius 1 is 0.615 bits per heavy atom. The fourth-order valence-corrected chi connectivity index (χ4v) is 2.63. The molecular formula is C21H12O5. The fourth-order valence-electron chi connectivity index (χ4n) is 2.63. The molecule has 2 bridgehead atoms. The normalized spacial score (nSPS) is 10.8. The second-order valence-electron chi connectivity index (χ2n) is 5.71. The maximum atomic E-state index is 12.6. The summed E-state index contributed by atoms with van der Waals surface area (Å²) in [5.74, 6) is -0.226. The first-order valence-corrected chi connectivity index (χ1v) is 7.90. The lowest BCUT2D eigenvalue weighted by molar-refractivity contribution is 0.103. The SMILES string of the molecule is O=C(c1ccccc1)c1ccc2oc(=O)c3ccc(cc3)c(=O)oc2c1. The molecule has 5 rings (SSSR count). The molecule has 5 aromatic rings. The molecule has 5 nitrogen and oxygen atoms in total. The van der Waals surface area contributed by atoms with Gasteiger partial charge in [-0.3, -0.25) is 4.79 Å². The van der Waals surface area contributed by atoms with Crippen LogP contribution < -0.4 is 11.3 Å². The highest BCUT2D eigenvalue weighted by atomic mass is 16.4. The Hall–Kier alpha value is -3.73. The van der Waals surface area contributed by atoms with Crippen molar-refractivity contribution in [1.82, 2.24) is 0 Å². The maximum absolute atomic E-state index is 12.6. The van der Waals surface area contributed by atoms with Gasteiger partial charge in [0.25, 0.3) is 0 Å². The van der Waals surface area contributed by atoms with Crippen LogP contribution in [0.3, 0.4) is 0 Å². The third kappa shape index (κ3) is 2.86. The van der Waals surface area contributed by atoms with Crippen molar-refractivity contribution in [3.8, 4) is 0 Å². The van der Waals surface area contributed by atoms with E-state index < -0.39 is 11.3 Å². The zero-order valence-electron chi connectivity index (χ0n) is 13.5. The van der Waals surface area contributed by atoms with E-state index in [0.717, 1.165) is 0 Å². The lowest BCUT2D eigenvalue weighted by atomic mass is 10.0. The first kappa shape index (κ1) is 15.8. The molecule has 0 fully saturated rings. The Bertz CT molecular complexity index is 1260. The molecule has 0 aliphatic rings. The number of fused-ring (bicyclic) bond motifs is 4. The molecule has 2 aromatic heterocycles. The minimum absolute atomic E-state index is 0.0209. The van der Waals surface area contributed by atoms with Gasteiger partial charge in [0.15, 0.2) is 16.9 Å². The Morgan fingerprint density at radius 3 is 1.81 bits per heavy atom. The van der Waals surface area contributed by atoms with Crippen LogP contribution in [0.15, 0.2) is 91.2 Å². The minimum Gasteiger partial charge on any atom is -0.419 e. The largest absolute Gasteiger partial charge is 0.419 e. The van der Waals surface area contributed by atoms with E-state index in [1.54, 1.807) is 24.3 Å². The Kier molecular flexibility index (Phi) is 3.82. The molecule has 126 valence electrons. The maximum Gasteiger partial charge on any atom is 0.343 e. The minimum atomic E-state index is -0.597. The first-order chi connectivity index (χ1) is 12.6. The van der Waals surface area contributed by atoms with Crippen LogP contribution in [-0.4, -0.2) is 5.78 Å². The fraction of sp³-hybridized carbons (Fsp3) is 0. The van der Waals surface area contributed by atoms with E-state index >= 15 is 0 Å². The zero-order valence-corrected chi connectivity index (χ0v) is 13.5. The van der Waals surface area contributed by atoms with Gasteiger partial charge in [0.2, 0.25) is 0 Å². The highest BCUT2D eigenvalue weighted by Crippen LogP contribution is 2.16. The van der Waals surface area contributed by atoms with Gasteiger partial charge in [-0.05, 0) is 42.5 Å². The predicted octanol–water partition coefficient (Wildman–Crippen LogP) is 3.69. The lowest BCUT2D eigenvalue weighted by Gasteiger charge is -2.01. The van der Waals surface area contributed by atoms with Gasteiger partial charge >= 0.3 is 11.3 Å². The van der Waals surface area contributed by atoms with Crippen molar-refractivity contribution < 1.29 is 13.6 Å². The van der Waals surface area contributed by atoms with E-state index in [2.05, 4.69) is 0 Å². The molecule has 5 heteroatoms. The quantitative estimate of drug-likeness (QED) is 0.518. The topological polar surface area (TPSA) is 77.5 Å². The number of ketones is 1. The number of benzene rings is 3. The molecule has 0 radical (unpaired) electrons. The standard InChI is InChI=1S/C21H12O5/c22-19(13-4-2-1-3-5-13)16-10-11-17-18(12-16)26-21(24)15-8-6-14(7-9-15)20(23)25-17/h1-12H. The van der Waals surface area contributed by atoms with E-state index in [-0.39, 0.29) is 16.9 Å². The van der Waals surface area contributed by atoms with E-state index in [1.165, 1.54) is 42.5 Å². The van der Waals surface area contributed by atoms with Crippen molar-refractivity contribution in [1.29, 1.82) is 0 Å². The van der Waals surface area contributed by atoms with Gasteiger partial charge in [-0.25, -0.2) is 9.59 Å². The molecule has 2 heterocycles. The van der Waals surface area contributed by atoms with Gasteiger partial charge in [-0.15, -0.1) is 0 Å². The van der Waals surface area contributed by atoms with Crippen LogP contribution in [0.5, 0.6) is 0 Å². The van der Waals surface area contributed by atoms with Crippen LogP contribution in [0.25, 0.3) is 21.9 Å². The molecule has 0 amide bonds. The molecule has 26 heavy (non-hydrogen) atoms. The molecule has 3 aromatic carbocycles. The average molecular weight is 344 g/mol. The summed E-state index contributed by atoms with van der Waals surface area (Å²) in [7, 11) is 0. The Balaban J connectivity index is 2.01. The third-order valence-electron chi connectivity index (χ3n) is 4.00. The van der Waals surface area contributed by atoms with Crippen molar-refractivity contribution in [3.63, 3.8) is 0 Å². The number of hydrogen-bond acceptors (Lipinski definition) is 5. The molecule has 0 aliphatic carbocycles. The summed E-state index contributed by atoms with van der Waals surface area (Å²) in [4.78, 5) is 37.1. The van der Waals surface area contributed by atoms with Crippen LogP contribution >= 0.6 is 0 Å². The van der Waals surface area contributed by atoms with E-state index in [9.17, 15) is 14.4 Å². The highest BCUT2D eigenvalue weighted by molar-refractivity contribution is 6.10. The Labute approximate surface area is 146 Å². The molecular weight excluding hydrogens is 332 g/mol. The van der Waals surface area contributed by atoms with Crippen LogP contribution in [0.2, 0.25) is 0 Å². The highest BCUT2D eigenvalue weighted by Gasteiger charge is 2.11. The molecule has 0 spiro atoms. The van der Waals surface area contributed by atoms with Crippen molar-refractivity contribution in [2.24, 2.45) is 0 Å². The molecule has 0 N–H and O–H groups in total. The van der Waals surface area contributed by atoms with Gasteiger partial charge in [0, 0.05) is 11.1 Å². The number of hydrogen-bond donors (Lipinski definition) is 0. The van der Waals surface area contributed by atoms with Gasteiger partial charge in [0.1, 0.15) is 0 Å². The van der Waals surface area contributed by atoms with E-state index in [0.29, 0.717) is 21.9 Å². The predicted molar refractivity (Wildman–Crippen MR) is 97.2 cm³/mol. The molecule has 0 atom stereocenters. The van der Waals surface area contributed by atoms with Crippen molar-refractivity contribution in [2.75, 3.05) is 0 Å². The summed E-state index contributed by atoms with van der Waals surface area (Å²) in [6.07, 6.45) is 0. The van der Waals surface area contributed by atoms with Gasteiger partial charge in [-0.2, -0.15) is 0 Å². The van der Waals surface area contributed by atoms with Crippen LogP contribution in [0.4, 0.5) is 0 Å². The third-order valence-corrected chi connectivity index (χ3v) is 4.00. The zero-order chi connectivity index (χ0) is 18.1. The van der Waals surface area contributed by atoms with Crippen LogP contribution in [0.1, 0.15) is 15.9 Å². The summed E-state index contributed by atoms with van der Waals surface area (Å²) in [6, 6.07) is 19.1. The second kappa shape index (κ2) is 6.29. The molecule has 0 unspecified atom stereocenters. The number of carbonyl (C=O) groups excluding carboxylic acids is 1. The van der Waals surface area contributed by atoms with E-state index in [1.807, 2.05) is 6.07 Å². The van der Waals surface area contributed by atoms with Gasteiger partial charge < -0.3 is 8.83 Å². The second-order valence-corrected chi connectivity index (χ2v) is 5.71. The van der Waals surface area contributed by atoms with Crippen molar-refractivity contribution in [3.05, 3.63) is 105 Å². The molecule has 0 saturated carbocycles. The summed E-state index contributed by atoms with van der Waals surface area (Å²) >= 11 is 0. The smallest absolute Gasteiger partial charge is 0.343 e. The summed E-state index contributed by atoms with van der Waals surface area (Å²) in [5, 5.41) is 0.619. The van der Waals surface area contributed by atoms with Gasteiger partial charge in [0.05, 0.1) is 10.8 Å². The molecule has 0 aliphatic heterocycles. The number of rotatable bonds is 2. The van der Waals surface area contributed by atoms with Crippen molar-refractivity contribution in [2.45, 2.75) is 0 Å². The first-order valence-electron chi connectivity index (χ1n) is 7.90. The monoisotopic (exact) mass is 344 g/mol. The average Bonchev–Trinajstić information content (AvgIpc) is 2.69. The van der Waals surface area contributed by atoms with Crippen LogP contribution in [0, 0.1) is 0 Å². The number of carbonyl (C=O) groups is 1. The summed E-state index contributed by atoms with van der Waals surface area (Å²) in [6.45, 7) is 0. The van der Waals surface area contributed by atoms with Crippen molar-refractivity contribution >= 4 is 27.7 Å².